The Labute approximate surface area is 101 Å². The standard InChI is InChI=1S/C14H15NO2/c1-2-3-4-8-15-14(16)12-5-6-13-11(10-12)7-9-17-13/h1,5-6,10H,3-4,7-9H2,(H,15,16). The molecule has 0 bridgehead atoms. The fraction of sp³-hybridized carbons (Fsp3) is 0.357. The summed E-state index contributed by atoms with van der Waals surface area (Å²) in [5.41, 5.74) is 1.80. The van der Waals surface area contributed by atoms with E-state index in [9.17, 15) is 4.79 Å². The van der Waals surface area contributed by atoms with Crippen molar-refractivity contribution < 1.29 is 9.53 Å². The highest BCUT2D eigenvalue weighted by Crippen LogP contribution is 2.25. The van der Waals surface area contributed by atoms with Gasteiger partial charge in [0.2, 0.25) is 0 Å². The molecule has 1 heterocycles. The number of nitrogens with one attached hydrogen (secondary N) is 1. The van der Waals surface area contributed by atoms with Crippen molar-refractivity contribution in [1.29, 1.82) is 0 Å². The molecule has 88 valence electrons. The number of carbonyl (C=O) groups excluding carboxylic acids is 1. The number of amides is 1. The molecule has 0 unspecified atom stereocenters. The number of hydrogen-bond donors (Lipinski definition) is 1. The molecule has 1 amide bonds. The molecule has 1 aliphatic rings. The molecule has 0 fully saturated rings. The maximum absolute atomic E-state index is 11.8. The molecule has 2 rings (SSSR count). The zero-order valence-corrected chi connectivity index (χ0v) is 9.66. The summed E-state index contributed by atoms with van der Waals surface area (Å²) < 4.78 is 5.39. The van der Waals surface area contributed by atoms with E-state index in [1.54, 1.807) is 6.07 Å². The first-order chi connectivity index (χ1) is 8.31. The topological polar surface area (TPSA) is 38.3 Å². The highest BCUT2D eigenvalue weighted by Gasteiger charge is 2.14. The second-order valence-electron chi connectivity index (χ2n) is 3.98. The Bertz CT molecular complexity index is 460. The quantitative estimate of drug-likeness (QED) is 0.631. The summed E-state index contributed by atoms with van der Waals surface area (Å²) >= 11 is 0. The Hall–Kier alpha value is -1.95. The minimum absolute atomic E-state index is 0.0447. The first-order valence-electron chi connectivity index (χ1n) is 5.78. The van der Waals surface area contributed by atoms with Crippen LogP contribution in [0.5, 0.6) is 5.75 Å². The van der Waals surface area contributed by atoms with Gasteiger partial charge in [-0.3, -0.25) is 4.79 Å². The van der Waals surface area contributed by atoms with Gasteiger partial charge < -0.3 is 10.1 Å². The first kappa shape index (κ1) is 11.5. The minimum Gasteiger partial charge on any atom is -0.493 e. The first-order valence-corrected chi connectivity index (χ1v) is 5.78. The number of ether oxygens (including phenoxy) is 1. The summed E-state index contributed by atoms with van der Waals surface area (Å²) in [5, 5.41) is 2.85. The van der Waals surface area contributed by atoms with Gasteiger partial charge in [-0.1, -0.05) is 0 Å². The van der Waals surface area contributed by atoms with Crippen LogP contribution in [0.15, 0.2) is 18.2 Å². The lowest BCUT2D eigenvalue weighted by Gasteiger charge is -2.05. The van der Waals surface area contributed by atoms with Crippen LogP contribution in [0.2, 0.25) is 0 Å². The van der Waals surface area contributed by atoms with E-state index in [1.807, 2.05) is 12.1 Å². The van der Waals surface area contributed by atoms with Crippen LogP contribution < -0.4 is 10.1 Å². The smallest absolute Gasteiger partial charge is 0.251 e. The molecule has 1 aromatic rings. The monoisotopic (exact) mass is 229 g/mol. The molecule has 1 N–H and O–H groups in total. The number of benzene rings is 1. The number of carbonyl (C=O) groups is 1. The van der Waals surface area contributed by atoms with Gasteiger partial charge >= 0.3 is 0 Å². The molecule has 1 aliphatic heterocycles. The van der Waals surface area contributed by atoms with Gasteiger partial charge in [0, 0.05) is 24.9 Å². The molecule has 0 radical (unpaired) electrons. The van der Waals surface area contributed by atoms with Crippen molar-refractivity contribution in [1.82, 2.24) is 5.32 Å². The molecule has 0 atom stereocenters. The molecule has 1 aromatic carbocycles. The average Bonchev–Trinajstić information content (AvgIpc) is 2.81. The van der Waals surface area contributed by atoms with Crippen LogP contribution in [0.4, 0.5) is 0 Å². The van der Waals surface area contributed by atoms with E-state index >= 15 is 0 Å². The van der Waals surface area contributed by atoms with Gasteiger partial charge in [-0.25, -0.2) is 0 Å². The zero-order valence-electron chi connectivity index (χ0n) is 9.66. The second kappa shape index (κ2) is 5.40. The molecule has 3 heteroatoms. The number of fused-ring (bicyclic) bond motifs is 1. The Morgan fingerprint density at radius 2 is 2.41 bits per heavy atom. The lowest BCUT2D eigenvalue weighted by molar-refractivity contribution is 0.0953. The molecule has 0 saturated carbocycles. The van der Waals surface area contributed by atoms with Crippen LogP contribution in [0.3, 0.4) is 0 Å². The Balaban J connectivity index is 1.93. The third kappa shape index (κ3) is 2.79. The third-order valence-corrected chi connectivity index (χ3v) is 2.74. The van der Waals surface area contributed by atoms with Crippen molar-refractivity contribution in [3.63, 3.8) is 0 Å². The van der Waals surface area contributed by atoms with Gasteiger partial charge in [0.1, 0.15) is 5.75 Å². The lowest BCUT2D eigenvalue weighted by Crippen LogP contribution is -2.24. The van der Waals surface area contributed by atoms with E-state index in [4.69, 9.17) is 11.2 Å². The Morgan fingerprint density at radius 3 is 3.24 bits per heavy atom. The molecule has 17 heavy (non-hydrogen) atoms. The summed E-state index contributed by atoms with van der Waals surface area (Å²) in [7, 11) is 0. The molecule has 3 nitrogen and oxygen atoms in total. The van der Waals surface area contributed by atoms with E-state index in [2.05, 4.69) is 11.2 Å². The van der Waals surface area contributed by atoms with Gasteiger partial charge in [0.25, 0.3) is 5.91 Å². The maximum Gasteiger partial charge on any atom is 0.251 e. The van der Waals surface area contributed by atoms with E-state index < -0.39 is 0 Å². The molecule has 0 spiro atoms. The van der Waals surface area contributed by atoms with Crippen molar-refractivity contribution in [3.8, 4) is 18.1 Å². The van der Waals surface area contributed by atoms with Gasteiger partial charge in [-0.2, -0.15) is 0 Å². The van der Waals surface area contributed by atoms with Crippen molar-refractivity contribution in [2.75, 3.05) is 13.2 Å². The predicted octanol–water partition coefficient (Wildman–Crippen LogP) is 1.76. The van der Waals surface area contributed by atoms with E-state index in [0.29, 0.717) is 25.1 Å². The van der Waals surface area contributed by atoms with Crippen molar-refractivity contribution in [2.45, 2.75) is 19.3 Å². The Kier molecular flexibility index (Phi) is 3.66. The number of rotatable bonds is 4. The molecule has 0 saturated heterocycles. The SMILES string of the molecule is C#CCCCNC(=O)c1ccc2c(c1)CCO2. The normalized spacial score (nSPS) is 12.4. The van der Waals surface area contributed by atoms with Gasteiger partial charge in [-0.15, -0.1) is 12.3 Å². The fourth-order valence-corrected chi connectivity index (χ4v) is 1.82. The van der Waals surface area contributed by atoms with Crippen molar-refractivity contribution >= 4 is 5.91 Å². The van der Waals surface area contributed by atoms with Crippen LogP contribution >= 0.6 is 0 Å². The van der Waals surface area contributed by atoms with E-state index in [1.165, 1.54) is 0 Å². The van der Waals surface area contributed by atoms with Crippen LogP contribution in [0.25, 0.3) is 0 Å². The molecule has 0 aromatic heterocycles. The average molecular weight is 229 g/mol. The van der Waals surface area contributed by atoms with Crippen LogP contribution in [-0.2, 0) is 6.42 Å². The predicted molar refractivity (Wildman–Crippen MR) is 66.0 cm³/mol. The Morgan fingerprint density at radius 1 is 1.53 bits per heavy atom. The summed E-state index contributed by atoms with van der Waals surface area (Å²) in [6.07, 6.45) is 7.53. The number of terminal acetylenes is 1. The van der Waals surface area contributed by atoms with E-state index in [0.717, 1.165) is 24.2 Å². The van der Waals surface area contributed by atoms with Crippen LogP contribution in [0.1, 0.15) is 28.8 Å². The van der Waals surface area contributed by atoms with Crippen molar-refractivity contribution in [2.24, 2.45) is 0 Å². The second-order valence-corrected chi connectivity index (χ2v) is 3.98. The summed E-state index contributed by atoms with van der Waals surface area (Å²) in [6, 6.07) is 5.55. The van der Waals surface area contributed by atoms with Crippen molar-refractivity contribution in [3.05, 3.63) is 29.3 Å². The summed E-state index contributed by atoms with van der Waals surface area (Å²) in [4.78, 5) is 11.8. The number of unbranched alkanes of at least 4 members (excludes halogenated alkanes) is 1. The zero-order chi connectivity index (χ0) is 12.1. The number of hydrogen-bond acceptors (Lipinski definition) is 2. The maximum atomic E-state index is 11.8. The summed E-state index contributed by atoms with van der Waals surface area (Å²) in [5.74, 6) is 3.40. The molecule has 0 aliphatic carbocycles. The van der Waals surface area contributed by atoms with E-state index in [-0.39, 0.29) is 5.91 Å². The largest absolute Gasteiger partial charge is 0.493 e. The minimum atomic E-state index is -0.0447. The lowest BCUT2D eigenvalue weighted by atomic mass is 10.1. The van der Waals surface area contributed by atoms with Gasteiger partial charge in [0.15, 0.2) is 0 Å². The van der Waals surface area contributed by atoms with Crippen LogP contribution in [0, 0.1) is 12.3 Å². The molecular weight excluding hydrogens is 214 g/mol. The van der Waals surface area contributed by atoms with Gasteiger partial charge in [0.05, 0.1) is 6.61 Å². The highest BCUT2D eigenvalue weighted by atomic mass is 16.5. The summed E-state index contributed by atoms with van der Waals surface area (Å²) in [6.45, 7) is 1.33. The van der Waals surface area contributed by atoms with Gasteiger partial charge in [-0.05, 0) is 30.2 Å². The van der Waals surface area contributed by atoms with Crippen LogP contribution in [-0.4, -0.2) is 19.1 Å². The third-order valence-electron chi connectivity index (χ3n) is 2.74. The highest BCUT2D eigenvalue weighted by molar-refractivity contribution is 5.94. The fourth-order valence-electron chi connectivity index (χ4n) is 1.82. The molecular formula is C14H15NO2.